The molecule has 2 aromatic rings. The van der Waals surface area contributed by atoms with Gasteiger partial charge in [0, 0.05) is 26.1 Å². The minimum Gasteiger partial charge on any atom is -0.350 e. The molecule has 2 heterocycles. The van der Waals surface area contributed by atoms with Crippen molar-refractivity contribution in [3.8, 4) is 0 Å². The van der Waals surface area contributed by atoms with E-state index in [1.165, 1.54) is 18.4 Å². The molecule has 1 atom stereocenters. The first-order valence-corrected chi connectivity index (χ1v) is 12.0. The molecule has 4 rings (SSSR count). The lowest BCUT2D eigenvalue weighted by Crippen LogP contribution is -2.45. The van der Waals surface area contributed by atoms with Gasteiger partial charge in [0.05, 0.1) is 0 Å². The quantitative estimate of drug-likeness (QED) is 0.709. The summed E-state index contributed by atoms with van der Waals surface area (Å²) in [6.07, 6.45) is 4.87. The van der Waals surface area contributed by atoms with Crippen molar-refractivity contribution >= 4 is 11.8 Å². The molecular weight excluding hydrogens is 398 g/mol. The fraction of sp³-hybridized carbons (Fsp3) is 0.481. The predicted octanol–water partition coefficient (Wildman–Crippen LogP) is 4.29. The zero-order valence-electron chi connectivity index (χ0n) is 19.1. The smallest absolute Gasteiger partial charge is 0.247 e. The third-order valence-corrected chi connectivity index (χ3v) is 6.88. The third-order valence-electron chi connectivity index (χ3n) is 6.88. The molecule has 1 N–H and O–H groups in total. The van der Waals surface area contributed by atoms with Crippen LogP contribution in [0.1, 0.15) is 61.8 Å². The van der Waals surface area contributed by atoms with Crippen molar-refractivity contribution in [2.75, 3.05) is 19.6 Å². The summed E-state index contributed by atoms with van der Waals surface area (Å²) >= 11 is 0. The summed E-state index contributed by atoms with van der Waals surface area (Å²) < 4.78 is 0. The van der Waals surface area contributed by atoms with E-state index in [1.54, 1.807) is 4.90 Å². The van der Waals surface area contributed by atoms with E-state index >= 15 is 0 Å². The maximum atomic E-state index is 13.4. The number of amides is 2. The van der Waals surface area contributed by atoms with Gasteiger partial charge in [-0.25, -0.2) is 0 Å². The summed E-state index contributed by atoms with van der Waals surface area (Å²) in [4.78, 5) is 30.3. The number of rotatable bonds is 7. The van der Waals surface area contributed by atoms with Crippen molar-refractivity contribution in [2.24, 2.45) is 5.92 Å². The molecule has 5 heteroatoms. The molecule has 0 saturated carbocycles. The molecule has 2 aromatic carbocycles. The molecule has 2 fully saturated rings. The number of nitrogens with one attached hydrogen (secondary N) is 1. The fourth-order valence-electron chi connectivity index (χ4n) is 4.83. The van der Waals surface area contributed by atoms with Crippen LogP contribution >= 0.6 is 0 Å². The van der Waals surface area contributed by atoms with Crippen molar-refractivity contribution < 1.29 is 9.59 Å². The Kier molecular flexibility index (Phi) is 7.59. The van der Waals surface area contributed by atoms with Crippen LogP contribution in [0.5, 0.6) is 0 Å². The molecule has 2 aliphatic heterocycles. The first-order valence-electron chi connectivity index (χ1n) is 12.0. The van der Waals surface area contributed by atoms with Gasteiger partial charge in [0.1, 0.15) is 6.04 Å². The van der Waals surface area contributed by atoms with Gasteiger partial charge in [0.2, 0.25) is 11.8 Å². The van der Waals surface area contributed by atoms with Gasteiger partial charge in [-0.2, -0.15) is 0 Å². The first-order chi connectivity index (χ1) is 15.6. The molecule has 0 aliphatic carbocycles. The number of carbonyl (C=O) groups excluding carboxylic acids is 2. The molecule has 5 nitrogen and oxygen atoms in total. The zero-order valence-corrected chi connectivity index (χ0v) is 19.1. The van der Waals surface area contributed by atoms with Crippen LogP contribution in [0.4, 0.5) is 0 Å². The van der Waals surface area contributed by atoms with Gasteiger partial charge in [-0.15, -0.1) is 0 Å². The highest BCUT2D eigenvalue weighted by molar-refractivity contribution is 5.89. The summed E-state index contributed by atoms with van der Waals surface area (Å²) in [7, 11) is 0. The lowest BCUT2D eigenvalue weighted by molar-refractivity contribution is -0.142. The van der Waals surface area contributed by atoms with Crippen LogP contribution in [0.2, 0.25) is 0 Å². The van der Waals surface area contributed by atoms with E-state index in [1.807, 2.05) is 36.4 Å². The Morgan fingerprint density at radius 3 is 2.38 bits per heavy atom. The molecule has 0 radical (unpaired) electrons. The molecule has 0 spiro atoms. The summed E-state index contributed by atoms with van der Waals surface area (Å²) in [5.41, 5.74) is 3.29. The molecule has 2 saturated heterocycles. The van der Waals surface area contributed by atoms with E-state index in [0.29, 0.717) is 19.5 Å². The van der Waals surface area contributed by atoms with Crippen molar-refractivity contribution in [2.45, 2.75) is 58.2 Å². The Bertz CT molecular complexity index is 906. The van der Waals surface area contributed by atoms with E-state index in [4.69, 9.17) is 0 Å². The molecule has 32 heavy (non-hydrogen) atoms. The van der Waals surface area contributed by atoms with Gasteiger partial charge in [0.15, 0.2) is 0 Å². The van der Waals surface area contributed by atoms with Gasteiger partial charge < -0.3 is 10.2 Å². The predicted molar refractivity (Wildman–Crippen MR) is 127 cm³/mol. The number of piperidine rings is 2. The van der Waals surface area contributed by atoms with Crippen LogP contribution in [0.3, 0.4) is 0 Å². The van der Waals surface area contributed by atoms with Gasteiger partial charge >= 0.3 is 0 Å². The van der Waals surface area contributed by atoms with Gasteiger partial charge in [-0.1, -0.05) is 61.5 Å². The molecule has 1 unspecified atom stereocenters. The highest BCUT2D eigenvalue weighted by atomic mass is 16.2. The van der Waals surface area contributed by atoms with E-state index in [0.717, 1.165) is 49.5 Å². The molecular formula is C27H35N3O2. The van der Waals surface area contributed by atoms with Gasteiger partial charge in [-0.05, 0) is 61.4 Å². The van der Waals surface area contributed by atoms with Crippen LogP contribution < -0.4 is 5.32 Å². The highest BCUT2D eigenvalue weighted by Crippen LogP contribution is 2.26. The maximum absolute atomic E-state index is 13.4. The van der Waals surface area contributed by atoms with Gasteiger partial charge in [-0.3, -0.25) is 14.5 Å². The van der Waals surface area contributed by atoms with Gasteiger partial charge in [0.25, 0.3) is 0 Å². The summed E-state index contributed by atoms with van der Waals surface area (Å²) in [5, 5.41) is 3.15. The van der Waals surface area contributed by atoms with E-state index in [2.05, 4.69) is 35.3 Å². The normalized spacial score (nSPS) is 19.0. The number of nitrogens with zero attached hydrogens (tertiary/aromatic N) is 2. The number of benzene rings is 2. The minimum absolute atomic E-state index is 0.0694. The molecule has 170 valence electrons. The Hall–Kier alpha value is -2.66. The fourth-order valence-corrected chi connectivity index (χ4v) is 4.83. The topological polar surface area (TPSA) is 52.7 Å². The molecule has 2 amide bonds. The summed E-state index contributed by atoms with van der Waals surface area (Å²) in [5.74, 6) is 0.779. The van der Waals surface area contributed by atoms with Crippen LogP contribution in [-0.2, 0) is 22.7 Å². The molecule has 0 bridgehead atoms. The first kappa shape index (κ1) is 22.5. The average Bonchev–Trinajstić information content (AvgIpc) is 2.82. The Morgan fingerprint density at radius 2 is 1.66 bits per heavy atom. The second kappa shape index (κ2) is 10.8. The zero-order chi connectivity index (χ0) is 22.3. The van der Waals surface area contributed by atoms with Crippen LogP contribution in [0.15, 0.2) is 54.6 Å². The standard InChI is InChI=1S/C27H35N3O2/c1-21-14-17-29(18-15-21)20-24-12-6-5-11-23(24)19-28-27(32)26(22-9-3-2-4-10-22)30-16-8-7-13-25(30)31/h2-6,9-12,21,26H,7-8,13-20H2,1H3,(H,28,32). The van der Waals surface area contributed by atoms with E-state index < -0.39 is 6.04 Å². The Balaban J connectivity index is 1.46. The summed E-state index contributed by atoms with van der Waals surface area (Å²) in [6, 6.07) is 17.5. The SMILES string of the molecule is CC1CCN(Cc2ccccc2CNC(=O)C(c2ccccc2)N2CCCCC2=O)CC1. The number of carbonyl (C=O) groups is 2. The second-order valence-electron chi connectivity index (χ2n) is 9.30. The van der Waals surface area contributed by atoms with E-state index in [-0.39, 0.29) is 11.8 Å². The number of likely N-dealkylation sites (tertiary alicyclic amines) is 2. The highest BCUT2D eigenvalue weighted by Gasteiger charge is 2.32. The molecule has 2 aliphatic rings. The average molecular weight is 434 g/mol. The minimum atomic E-state index is -0.570. The van der Waals surface area contributed by atoms with E-state index in [9.17, 15) is 9.59 Å². The molecule has 0 aromatic heterocycles. The Morgan fingerprint density at radius 1 is 0.969 bits per heavy atom. The largest absolute Gasteiger partial charge is 0.350 e. The number of hydrogen-bond acceptors (Lipinski definition) is 3. The monoisotopic (exact) mass is 433 g/mol. The lowest BCUT2D eigenvalue weighted by Gasteiger charge is -2.34. The van der Waals surface area contributed by atoms with Crippen molar-refractivity contribution in [1.82, 2.24) is 15.1 Å². The number of hydrogen-bond donors (Lipinski definition) is 1. The summed E-state index contributed by atoms with van der Waals surface area (Å²) in [6.45, 7) is 6.63. The second-order valence-corrected chi connectivity index (χ2v) is 9.30. The third kappa shape index (κ3) is 5.57. The van der Waals surface area contributed by atoms with Crippen LogP contribution in [-0.4, -0.2) is 41.2 Å². The van der Waals surface area contributed by atoms with Crippen molar-refractivity contribution in [1.29, 1.82) is 0 Å². The maximum Gasteiger partial charge on any atom is 0.247 e. The van der Waals surface area contributed by atoms with Crippen LogP contribution in [0.25, 0.3) is 0 Å². The Labute approximate surface area is 191 Å². The van der Waals surface area contributed by atoms with Crippen LogP contribution in [0, 0.1) is 5.92 Å². The lowest BCUT2D eigenvalue weighted by atomic mass is 9.98. The van der Waals surface area contributed by atoms with Crippen molar-refractivity contribution in [3.63, 3.8) is 0 Å². The van der Waals surface area contributed by atoms with Crippen molar-refractivity contribution in [3.05, 3.63) is 71.3 Å².